The van der Waals surface area contributed by atoms with Crippen LogP contribution in [0, 0.1) is 13.8 Å². The Morgan fingerprint density at radius 2 is 2.08 bits per heavy atom. The van der Waals surface area contributed by atoms with Crippen molar-refractivity contribution in [1.82, 2.24) is 15.6 Å². The summed E-state index contributed by atoms with van der Waals surface area (Å²) in [6, 6.07) is 6.19. The third kappa shape index (κ3) is 7.19. The van der Waals surface area contributed by atoms with E-state index in [-0.39, 0.29) is 24.0 Å². The van der Waals surface area contributed by atoms with Crippen molar-refractivity contribution in [2.75, 3.05) is 20.2 Å². The van der Waals surface area contributed by atoms with Gasteiger partial charge in [0.15, 0.2) is 5.96 Å². The van der Waals surface area contributed by atoms with Gasteiger partial charge in [-0.25, -0.2) is 9.98 Å². The molecule has 0 aliphatic carbocycles. The molecule has 25 heavy (non-hydrogen) atoms. The molecule has 0 bridgehead atoms. The number of methoxy groups -OCH3 is 1. The van der Waals surface area contributed by atoms with Crippen molar-refractivity contribution in [1.29, 1.82) is 0 Å². The summed E-state index contributed by atoms with van der Waals surface area (Å²) in [6.45, 7) is 8.41. The van der Waals surface area contributed by atoms with Crippen molar-refractivity contribution in [3.8, 4) is 5.75 Å². The Morgan fingerprint density at radius 3 is 2.72 bits per heavy atom. The summed E-state index contributed by atoms with van der Waals surface area (Å²) >= 11 is 1.74. The van der Waals surface area contributed by atoms with Crippen molar-refractivity contribution in [3.63, 3.8) is 0 Å². The maximum absolute atomic E-state index is 5.44. The summed E-state index contributed by atoms with van der Waals surface area (Å²) < 4.78 is 5.44. The molecule has 0 unspecified atom stereocenters. The van der Waals surface area contributed by atoms with Crippen LogP contribution in [0.4, 0.5) is 0 Å². The van der Waals surface area contributed by atoms with Gasteiger partial charge < -0.3 is 15.4 Å². The number of benzene rings is 1. The molecule has 0 amide bonds. The molecule has 0 saturated carbocycles. The second-order valence-electron chi connectivity index (χ2n) is 5.55. The minimum atomic E-state index is 0. The molecule has 0 aliphatic heterocycles. The number of hydrogen-bond donors (Lipinski definition) is 2. The van der Waals surface area contributed by atoms with Crippen LogP contribution in [0.15, 0.2) is 29.4 Å². The van der Waals surface area contributed by atoms with Gasteiger partial charge in [-0.15, -0.1) is 35.3 Å². The number of halogens is 1. The average molecular weight is 474 g/mol. The zero-order chi connectivity index (χ0) is 17.4. The van der Waals surface area contributed by atoms with Crippen LogP contribution in [0.25, 0.3) is 0 Å². The maximum Gasteiger partial charge on any atom is 0.191 e. The molecular formula is C18H27IN4OS. The van der Waals surface area contributed by atoms with E-state index < -0.39 is 0 Å². The van der Waals surface area contributed by atoms with Crippen LogP contribution >= 0.6 is 35.3 Å². The fourth-order valence-corrected chi connectivity index (χ4v) is 3.08. The first-order valence-corrected chi connectivity index (χ1v) is 9.01. The molecule has 0 spiro atoms. The quantitative estimate of drug-likeness (QED) is 0.365. The lowest BCUT2D eigenvalue weighted by Crippen LogP contribution is -2.38. The second kappa shape index (κ2) is 11.3. The topological polar surface area (TPSA) is 58.5 Å². The Labute approximate surface area is 171 Å². The van der Waals surface area contributed by atoms with Crippen LogP contribution in [0.2, 0.25) is 0 Å². The number of hydrogen-bond acceptors (Lipinski definition) is 4. The first-order valence-electron chi connectivity index (χ1n) is 8.19. The molecule has 2 aromatic rings. The standard InChI is InChI=1S/C18H26N4OS.HI/c1-5-19-18(20-9-8-17-21-11-14(3)24-17)22-12-15-7-6-13(2)10-16(15)23-4;/h6-7,10-11H,5,8-9,12H2,1-4H3,(H2,19,20,22);1H. The van der Waals surface area contributed by atoms with Crippen molar-refractivity contribution >= 4 is 41.3 Å². The van der Waals surface area contributed by atoms with Gasteiger partial charge in [0.2, 0.25) is 0 Å². The molecule has 2 rings (SSSR count). The minimum absolute atomic E-state index is 0. The molecule has 1 aromatic heterocycles. The average Bonchev–Trinajstić information content (AvgIpc) is 2.98. The van der Waals surface area contributed by atoms with Crippen LogP contribution in [-0.4, -0.2) is 31.1 Å². The van der Waals surface area contributed by atoms with Crippen LogP contribution in [0.3, 0.4) is 0 Å². The summed E-state index contributed by atoms with van der Waals surface area (Å²) in [5.41, 5.74) is 2.26. The van der Waals surface area contributed by atoms with Crippen molar-refractivity contribution in [2.24, 2.45) is 4.99 Å². The maximum atomic E-state index is 5.44. The highest BCUT2D eigenvalue weighted by Crippen LogP contribution is 2.20. The Balaban J connectivity index is 0.00000312. The number of rotatable bonds is 7. The van der Waals surface area contributed by atoms with E-state index in [0.717, 1.165) is 41.8 Å². The van der Waals surface area contributed by atoms with E-state index in [2.05, 4.69) is 53.5 Å². The van der Waals surface area contributed by atoms with Crippen LogP contribution < -0.4 is 15.4 Å². The molecule has 0 atom stereocenters. The van der Waals surface area contributed by atoms with Gasteiger partial charge >= 0.3 is 0 Å². The number of guanidine groups is 1. The Hall–Kier alpha value is -1.35. The molecule has 0 fully saturated rings. The van der Waals surface area contributed by atoms with Gasteiger partial charge in [0.05, 0.1) is 18.7 Å². The SMILES string of the molecule is CCNC(=NCc1ccc(C)cc1OC)NCCc1ncc(C)s1.I. The van der Waals surface area contributed by atoms with Gasteiger partial charge in [-0.05, 0) is 32.4 Å². The van der Waals surface area contributed by atoms with Crippen molar-refractivity contribution in [3.05, 3.63) is 45.4 Å². The molecule has 0 radical (unpaired) electrons. The van der Waals surface area contributed by atoms with Gasteiger partial charge in [0, 0.05) is 36.1 Å². The highest BCUT2D eigenvalue weighted by atomic mass is 127. The number of aliphatic imine (C=N–C) groups is 1. The Bertz CT molecular complexity index is 687. The van der Waals surface area contributed by atoms with E-state index in [0.29, 0.717) is 6.54 Å². The van der Waals surface area contributed by atoms with Crippen LogP contribution in [0.5, 0.6) is 5.75 Å². The predicted octanol–water partition coefficient (Wildman–Crippen LogP) is 3.68. The fraction of sp³-hybridized carbons (Fsp3) is 0.444. The highest BCUT2D eigenvalue weighted by molar-refractivity contribution is 14.0. The number of ether oxygens (including phenoxy) is 1. The lowest BCUT2D eigenvalue weighted by Gasteiger charge is -2.12. The van der Waals surface area contributed by atoms with Gasteiger partial charge in [-0.2, -0.15) is 0 Å². The molecule has 1 aromatic carbocycles. The molecule has 1 heterocycles. The first-order chi connectivity index (χ1) is 11.6. The third-order valence-electron chi connectivity index (χ3n) is 3.49. The van der Waals surface area contributed by atoms with Gasteiger partial charge in [-0.3, -0.25) is 0 Å². The van der Waals surface area contributed by atoms with E-state index in [4.69, 9.17) is 4.74 Å². The summed E-state index contributed by atoms with van der Waals surface area (Å²) in [5.74, 6) is 1.70. The molecule has 2 N–H and O–H groups in total. The van der Waals surface area contributed by atoms with E-state index >= 15 is 0 Å². The fourth-order valence-electron chi connectivity index (χ4n) is 2.29. The molecule has 138 valence electrons. The lowest BCUT2D eigenvalue weighted by molar-refractivity contribution is 0.409. The number of nitrogens with one attached hydrogen (secondary N) is 2. The number of nitrogens with zero attached hydrogens (tertiary/aromatic N) is 2. The van der Waals surface area contributed by atoms with Gasteiger partial charge in [0.1, 0.15) is 5.75 Å². The van der Waals surface area contributed by atoms with E-state index in [1.54, 1.807) is 18.4 Å². The monoisotopic (exact) mass is 474 g/mol. The van der Waals surface area contributed by atoms with Crippen LogP contribution in [0.1, 0.15) is 27.9 Å². The molecule has 0 saturated heterocycles. The predicted molar refractivity (Wildman–Crippen MR) is 117 cm³/mol. The van der Waals surface area contributed by atoms with Gasteiger partial charge in [0.25, 0.3) is 0 Å². The van der Waals surface area contributed by atoms with E-state index in [1.807, 2.05) is 12.3 Å². The molecule has 5 nitrogen and oxygen atoms in total. The largest absolute Gasteiger partial charge is 0.496 e. The number of aromatic nitrogens is 1. The van der Waals surface area contributed by atoms with Crippen molar-refractivity contribution < 1.29 is 4.74 Å². The number of aryl methyl sites for hydroxylation is 2. The summed E-state index contributed by atoms with van der Waals surface area (Å²) in [5, 5.41) is 7.79. The highest BCUT2D eigenvalue weighted by Gasteiger charge is 2.04. The molecular weight excluding hydrogens is 447 g/mol. The summed E-state index contributed by atoms with van der Waals surface area (Å²) in [4.78, 5) is 10.3. The zero-order valence-corrected chi connectivity index (χ0v) is 18.4. The summed E-state index contributed by atoms with van der Waals surface area (Å²) in [6.07, 6.45) is 2.82. The van der Waals surface area contributed by atoms with Crippen LogP contribution in [-0.2, 0) is 13.0 Å². The van der Waals surface area contributed by atoms with E-state index in [1.165, 1.54) is 10.4 Å². The Morgan fingerprint density at radius 1 is 1.28 bits per heavy atom. The minimum Gasteiger partial charge on any atom is -0.496 e. The van der Waals surface area contributed by atoms with E-state index in [9.17, 15) is 0 Å². The normalized spacial score (nSPS) is 11.0. The molecule has 0 aliphatic rings. The Kier molecular flexibility index (Phi) is 9.81. The first kappa shape index (κ1) is 21.7. The number of thiazole rings is 1. The second-order valence-corrected chi connectivity index (χ2v) is 6.87. The zero-order valence-electron chi connectivity index (χ0n) is 15.3. The third-order valence-corrected chi connectivity index (χ3v) is 4.47. The van der Waals surface area contributed by atoms with Crippen molar-refractivity contribution in [2.45, 2.75) is 33.7 Å². The molecule has 7 heteroatoms. The lowest BCUT2D eigenvalue weighted by atomic mass is 10.1. The van der Waals surface area contributed by atoms with Gasteiger partial charge in [-0.1, -0.05) is 12.1 Å². The smallest absolute Gasteiger partial charge is 0.191 e. The summed E-state index contributed by atoms with van der Waals surface area (Å²) in [7, 11) is 1.70.